The van der Waals surface area contributed by atoms with Gasteiger partial charge in [0, 0.05) is 5.70 Å². The number of esters is 1. The van der Waals surface area contributed by atoms with Crippen molar-refractivity contribution in [1.29, 1.82) is 5.26 Å². The molecule has 1 aliphatic heterocycles. The molecule has 0 radical (unpaired) electrons. The van der Waals surface area contributed by atoms with Crippen LogP contribution in [0.5, 0.6) is 0 Å². The van der Waals surface area contributed by atoms with Crippen LogP contribution in [0, 0.1) is 11.3 Å². The fourth-order valence-electron chi connectivity index (χ4n) is 4.35. The van der Waals surface area contributed by atoms with Gasteiger partial charge in [0.2, 0.25) is 5.78 Å². The van der Waals surface area contributed by atoms with Gasteiger partial charge in [0.25, 0.3) is 0 Å². The number of Topliss-reactive ketones (excluding diaryl/α,β-unsaturated/α-hetero) is 1. The van der Waals surface area contributed by atoms with Crippen molar-refractivity contribution in [2.75, 3.05) is 11.4 Å². The van der Waals surface area contributed by atoms with Gasteiger partial charge in [0.05, 0.1) is 34.5 Å². The van der Waals surface area contributed by atoms with Crippen molar-refractivity contribution in [3.05, 3.63) is 101 Å². The number of carbonyl (C=O) groups is 3. The lowest BCUT2D eigenvalue weighted by molar-refractivity contribution is -0.155. The lowest BCUT2D eigenvalue weighted by Gasteiger charge is -2.43. The molecule has 214 valence electrons. The number of alkyl halides is 3. The summed E-state index contributed by atoms with van der Waals surface area (Å²) in [5, 5.41) is 19.8. The van der Waals surface area contributed by atoms with E-state index in [1.54, 1.807) is 20.8 Å². The Morgan fingerprint density at radius 3 is 2.32 bits per heavy atom. The van der Waals surface area contributed by atoms with E-state index >= 15 is 0 Å². The summed E-state index contributed by atoms with van der Waals surface area (Å²) in [5.41, 5.74) is -1.86. The fourth-order valence-corrected chi connectivity index (χ4v) is 4.35. The third-order valence-corrected chi connectivity index (χ3v) is 6.01. The maximum Gasteiger partial charge on any atom is 0.416 e. The van der Waals surface area contributed by atoms with Crippen LogP contribution in [-0.4, -0.2) is 39.9 Å². The van der Waals surface area contributed by atoms with Crippen molar-refractivity contribution in [3.63, 3.8) is 0 Å². The molecule has 0 aromatic heterocycles. The van der Waals surface area contributed by atoms with Crippen LogP contribution >= 0.6 is 0 Å². The predicted octanol–water partition coefficient (Wildman–Crippen LogP) is 6.37. The average molecular weight is 568 g/mol. The SMILES string of the molecule is C=C/C=C(\O)C(=O)C1=C(C)N(c2cccc(C(F)(F)F)c2)C(=O)N(CC(=O)OC(C)(C)C)C1c1ccc(C#N)cc1. The quantitative estimate of drug-likeness (QED) is 0.180. The van der Waals surface area contributed by atoms with E-state index in [4.69, 9.17) is 4.74 Å². The Labute approximate surface area is 235 Å². The van der Waals surface area contributed by atoms with Gasteiger partial charge in [-0.3, -0.25) is 14.5 Å². The molecule has 2 aromatic carbocycles. The Balaban J connectivity index is 2.34. The largest absolute Gasteiger partial charge is 0.504 e. The molecule has 0 fully saturated rings. The highest BCUT2D eigenvalue weighted by molar-refractivity contribution is 6.12. The zero-order valence-electron chi connectivity index (χ0n) is 22.8. The van der Waals surface area contributed by atoms with Crippen LogP contribution in [-0.2, 0) is 20.5 Å². The van der Waals surface area contributed by atoms with Gasteiger partial charge < -0.3 is 14.7 Å². The number of benzene rings is 2. The highest BCUT2D eigenvalue weighted by atomic mass is 19.4. The Kier molecular flexibility index (Phi) is 8.77. The molecule has 8 nitrogen and oxygen atoms in total. The number of aliphatic hydroxyl groups excluding tert-OH is 1. The van der Waals surface area contributed by atoms with Crippen molar-refractivity contribution in [3.8, 4) is 6.07 Å². The average Bonchev–Trinajstić information content (AvgIpc) is 2.88. The first-order chi connectivity index (χ1) is 19.1. The third-order valence-electron chi connectivity index (χ3n) is 6.01. The first-order valence-corrected chi connectivity index (χ1v) is 12.4. The van der Waals surface area contributed by atoms with E-state index < -0.39 is 53.5 Å². The van der Waals surface area contributed by atoms with Crippen molar-refractivity contribution in [2.24, 2.45) is 0 Å². The molecule has 2 aromatic rings. The zero-order chi connectivity index (χ0) is 30.7. The molecule has 0 bridgehead atoms. The van der Waals surface area contributed by atoms with E-state index in [1.165, 1.54) is 37.3 Å². The van der Waals surface area contributed by atoms with Crippen molar-refractivity contribution < 1.29 is 37.4 Å². The number of amides is 2. The molecular formula is C30H28F3N3O5. The number of ketones is 1. The summed E-state index contributed by atoms with van der Waals surface area (Å²) in [7, 11) is 0. The first kappa shape index (κ1) is 30.7. The molecule has 3 rings (SSSR count). The second kappa shape index (κ2) is 11.7. The number of ether oxygens (including phenoxy) is 1. The zero-order valence-corrected chi connectivity index (χ0v) is 22.8. The van der Waals surface area contributed by atoms with Crippen molar-refractivity contribution in [2.45, 2.75) is 45.5 Å². The number of hydrogen-bond donors (Lipinski definition) is 1. The normalized spacial score (nSPS) is 16.4. The van der Waals surface area contributed by atoms with Gasteiger partial charge in [-0.05, 0) is 69.7 Å². The number of hydrogen-bond acceptors (Lipinski definition) is 6. The molecule has 1 aliphatic rings. The molecule has 1 unspecified atom stereocenters. The molecule has 11 heteroatoms. The first-order valence-electron chi connectivity index (χ1n) is 12.4. The summed E-state index contributed by atoms with van der Waals surface area (Å²) in [4.78, 5) is 42.5. The van der Waals surface area contributed by atoms with E-state index in [-0.39, 0.29) is 22.5 Å². The number of halogens is 3. The smallest absolute Gasteiger partial charge is 0.416 e. The van der Waals surface area contributed by atoms with E-state index in [9.17, 15) is 37.9 Å². The van der Waals surface area contributed by atoms with Crippen LogP contribution in [0.3, 0.4) is 0 Å². The summed E-state index contributed by atoms with van der Waals surface area (Å²) in [6, 6.07) is 9.57. The fraction of sp³-hybridized carbons (Fsp3) is 0.267. The molecule has 0 spiro atoms. The standard InChI is InChI=1S/C30H28F3N3O5/c1-6-8-23(37)27(39)25-18(2)36(22-10-7-9-21(15-22)30(31,32)33)28(40)35(17-24(38)41-29(3,4)5)26(25)20-13-11-19(16-34)12-14-20/h6-15,26,37H,1,17H2,2-5H3/b23-8-. The van der Waals surface area contributed by atoms with Gasteiger partial charge in [-0.1, -0.05) is 30.9 Å². The van der Waals surface area contributed by atoms with Crippen LogP contribution in [0.15, 0.2) is 84.3 Å². The van der Waals surface area contributed by atoms with Gasteiger partial charge in [-0.15, -0.1) is 0 Å². The molecule has 1 heterocycles. The molecule has 0 saturated carbocycles. The topological polar surface area (TPSA) is 111 Å². The Morgan fingerprint density at radius 2 is 1.78 bits per heavy atom. The number of allylic oxidation sites excluding steroid dienone is 4. The Hall–Kier alpha value is -4.85. The van der Waals surface area contributed by atoms with E-state index in [2.05, 4.69) is 6.58 Å². The molecule has 1 N–H and O–H groups in total. The highest BCUT2D eigenvalue weighted by Gasteiger charge is 2.44. The second-order valence-corrected chi connectivity index (χ2v) is 10.1. The van der Waals surface area contributed by atoms with Gasteiger partial charge in [-0.25, -0.2) is 4.79 Å². The summed E-state index contributed by atoms with van der Waals surface area (Å²) in [5.74, 6) is -2.54. The van der Waals surface area contributed by atoms with Gasteiger partial charge in [0.15, 0.2) is 5.76 Å². The molecule has 0 aliphatic carbocycles. The van der Waals surface area contributed by atoms with Gasteiger partial charge >= 0.3 is 18.2 Å². The van der Waals surface area contributed by atoms with Gasteiger partial charge in [-0.2, -0.15) is 18.4 Å². The van der Waals surface area contributed by atoms with Crippen molar-refractivity contribution >= 4 is 23.5 Å². The minimum absolute atomic E-state index is 0.0712. The monoisotopic (exact) mass is 567 g/mol. The summed E-state index contributed by atoms with van der Waals surface area (Å²) >= 11 is 0. The second-order valence-electron chi connectivity index (χ2n) is 10.1. The van der Waals surface area contributed by atoms with E-state index in [0.717, 1.165) is 40.2 Å². The Bertz CT molecular complexity index is 1480. The molecule has 1 atom stereocenters. The maximum absolute atomic E-state index is 14.0. The number of nitrogens with zero attached hydrogens (tertiary/aromatic N) is 3. The summed E-state index contributed by atoms with van der Waals surface area (Å²) in [6.07, 6.45) is -2.53. The van der Waals surface area contributed by atoms with Crippen LogP contribution < -0.4 is 4.90 Å². The van der Waals surface area contributed by atoms with Crippen LogP contribution in [0.2, 0.25) is 0 Å². The maximum atomic E-state index is 14.0. The number of nitriles is 1. The van der Waals surface area contributed by atoms with Crippen LogP contribution in [0.25, 0.3) is 0 Å². The highest BCUT2D eigenvalue weighted by Crippen LogP contribution is 2.41. The van der Waals surface area contributed by atoms with Crippen LogP contribution in [0.4, 0.5) is 23.7 Å². The number of aliphatic hydroxyl groups is 1. The molecule has 2 amide bonds. The molecule has 0 saturated heterocycles. The number of anilines is 1. The lowest BCUT2D eigenvalue weighted by Crippen LogP contribution is -2.53. The minimum atomic E-state index is -4.72. The summed E-state index contributed by atoms with van der Waals surface area (Å²) in [6.45, 7) is 8.98. The summed E-state index contributed by atoms with van der Waals surface area (Å²) < 4.78 is 46.1. The molecular weight excluding hydrogens is 539 g/mol. The third kappa shape index (κ3) is 6.84. The van der Waals surface area contributed by atoms with Gasteiger partial charge in [0.1, 0.15) is 12.1 Å². The Morgan fingerprint density at radius 1 is 1.15 bits per heavy atom. The van der Waals surface area contributed by atoms with E-state index in [0.29, 0.717) is 5.56 Å². The van der Waals surface area contributed by atoms with E-state index in [1.807, 2.05) is 6.07 Å². The van der Waals surface area contributed by atoms with Crippen LogP contribution in [0.1, 0.15) is 50.4 Å². The predicted molar refractivity (Wildman–Crippen MR) is 144 cm³/mol. The number of carbonyl (C=O) groups excluding carboxylic acids is 3. The number of urea groups is 1. The number of rotatable bonds is 7. The van der Waals surface area contributed by atoms with Crippen molar-refractivity contribution in [1.82, 2.24) is 4.90 Å². The lowest BCUT2D eigenvalue weighted by atomic mass is 9.88. The molecule has 41 heavy (non-hydrogen) atoms. The minimum Gasteiger partial charge on any atom is -0.504 e.